The number of fused-ring (bicyclic) bond motifs is 3. The Bertz CT molecular complexity index is 1150. The lowest BCUT2D eigenvalue weighted by Crippen LogP contribution is -2.38. The number of aromatic nitrogens is 3. The maximum atomic E-state index is 12.6. The molecular formula is C21H19N5OS. The smallest absolute Gasteiger partial charge is 0.319 e. The van der Waals surface area contributed by atoms with Crippen molar-refractivity contribution in [2.24, 2.45) is 0 Å². The molecule has 0 fully saturated rings. The molecule has 1 aliphatic heterocycles. The molecule has 0 saturated heterocycles. The topological polar surface area (TPSA) is 62.5 Å². The molecule has 0 saturated carbocycles. The van der Waals surface area contributed by atoms with Gasteiger partial charge in [-0.25, -0.2) is 9.31 Å². The molecule has 1 aliphatic rings. The molecule has 7 heteroatoms. The average molecular weight is 389 g/mol. The van der Waals surface area contributed by atoms with E-state index in [2.05, 4.69) is 36.5 Å². The van der Waals surface area contributed by atoms with Gasteiger partial charge >= 0.3 is 6.03 Å². The summed E-state index contributed by atoms with van der Waals surface area (Å²) in [5.41, 5.74) is 4.21. The first-order valence-corrected chi connectivity index (χ1v) is 10.0. The highest BCUT2D eigenvalue weighted by atomic mass is 32.1. The number of nitrogens with one attached hydrogen (secondary N) is 1. The molecule has 2 aromatic heterocycles. The fourth-order valence-electron chi connectivity index (χ4n) is 3.41. The molecule has 6 nitrogen and oxygen atoms in total. The molecule has 0 bridgehead atoms. The van der Waals surface area contributed by atoms with E-state index in [9.17, 15) is 4.79 Å². The first-order chi connectivity index (χ1) is 13.7. The number of urea groups is 1. The van der Waals surface area contributed by atoms with Gasteiger partial charge in [-0.15, -0.1) is 5.10 Å². The number of para-hydroxylation sites is 1. The van der Waals surface area contributed by atoms with E-state index in [1.165, 1.54) is 5.56 Å². The van der Waals surface area contributed by atoms with Gasteiger partial charge in [-0.1, -0.05) is 59.4 Å². The molecule has 3 heterocycles. The van der Waals surface area contributed by atoms with E-state index < -0.39 is 0 Å². The molecule has 0 atom stereocenters. The molecular weight excluding hydrogens is 370 g/mol. The fraction of sp³-hybridized carbons (Fsp3) is 0.190. The van der Waals surface area contributed by atoms with Crippen LogP contribution in [0.4, 0.5) is 10.5 Å². The van der Waals surface area contributed by atoms with Crippen molar-refractivity contribution >= 4 is 28.0 Å². The molecule has 28 heavy (non-hydrogen) atoms. The maximum Gasteiger partial charge on any atom is 0.322 e. The minimum absolute atomic E-state index is 0.0730. The summed E-state index contributed by atoms with van der Waals surface area (Å²) < 4.78 is 1.95. The maximum absolute atomic E-state index is 12.6. The number of hydrogen-bond acceptors (Lipinski definition) is 4. The van der Waals surface area contributed by atoms with Crippen LogP contribution in [0.5, 0.6) is 0 Å². The number of rotatable bonds is 2. The summed E-state index contributed by atoms with van der Waals surface area (Å²) in [6.45, 7) is 3.32. The van der Waals surface area contributed by atoms with Crippen molar-refractivity contribution in [3.63, 3.8) is 0 Å². The second kappa shape index (κ2) is 6.76. The van der Waals surface area contributed by atoms with Gasteiger partial charge in [0, 0.05) is 29.1 Å². The monoisotopic (exact) mass is 389 g/mol. The molecule has 2 aromatic carbocycles. The van der Waals surface area contributed by atoms with Crippen molar-refractivity contribution in [1.82, 2.24) is 19.5 Å². The average Bonchev–Trinajstić information content (AvgIpc) is 3.26. The zero-order valence-corrected chi connectivity index (χ0v) is 16.2. The highest BCUT2D eigenvalue weighted by Crippen LogP contribution is 2.30. The van der Waals surface area contributed by atoms with Gasteiger partial charge in [0.2, 0.25) is 4.96 Å². The van der Waals surface area contributed by atoms with Crippen LogP contribution >= 0.6 is 11.3 Å². The number of benzene rings is 2. The van der Waals surface area contributed by atoms with Crippen LogP contribution in [0.1, 0.15) is 16.1 Å². The molecule has 1 N–H and O–H groups in total. The van der Waals surface area contributed by atoms with E-state index in [4.69, 9.17) is 10.1 Å². The minimum Gasteiger partial charge on any atom is -0.319 e. The van der Waals surface area contributed by atoms with Crippen LogP contribution in [-0.2, 0) is 13.0 Å². The number of thiazole rings is 1. The first-order valence-electron chi connectivity index (χ1n) is 9.23. The van der Waals surface area contributed by atoms with Crippen molar-refractivity contribution < 1.29 is 4.79 Å². The standard InChI is InChI=1S/C21H19N5OS/c1-14-7-9-15(10-8-14)19-23-21-26(24-19)17-11-12-25(13-18(17)28-21)20(27)22-16-5-3-2-4-6-16/h2-10H,11-13H2,1H3,(H,22,27). The third-order valence-electron chi connectivity index (χ3n) is 4.94. The highest BCUT2D eigenvalue weighted by Gasteiger charge is 2.26. The van der Waals surface area contributed by atoms with Gasteiger partial charge in [-0.2, -0.15) is 4.98 Å². The molecule has 0 unspecified atom stereocenters. The fourth-order valence-corrected chi connectivity index (χ4v) is 4.53. The number of hydrogen-bond donors (Lipinski definition) is 1. The second-order valence-corrected chi connectivity index (χ2v) is 8.00. The number of anilines is 1. The number of aryl methyl sites for hydroxylation is 1. The van der Waals surface area contributed by atoms with Crippen LogP contribution in [0.3, 0.4) is 0 Å². The summed E-state index contributed by atoms with van der Waals surface area (Å²) in [6, 6.07) is 17.7. The number of nitrogens with zero attached hydrogens (tertiary/aromatic N) is 4. The summed E-state index contributed by atoms with van der Waals surface area (Å²) >= 11 is 1.61. The van der Waals surface area contributed by atoms with Crippen LogP contribution in [0.25, 0.3) is 16.3 Å². The summed E-state index contributed by atoms with van der Waals surface area (Å²) in [5.74, 6) is 0.748. The van der Waals surface area contributed by atoms with Crippen LogP contribution in [-0.4, -0.2) is 32.1 Å². The van der Waals surface area contributed by atoms with E-state index in [0.717, 1.165) is 39.0 Å². The summed E-state index contributed by atoms with van der Waals surface area (Å²) in [5, 5.41) is 7.68. The van der Waals surface area contributed by atoms with Gasteiger partial charge in [0.1, 0.15) is 0 Å². The number of carbonyl (C=O) groups excluding carboxylic acids is 1. The molecule has 0 aliphatic carbocycles. The lowest BCUT2D eigenvalue weighted by Gasteiger charge is -2.26. The molecule has 4 aromatic rings. The number of carbonyl (C=O) groups is 1. The van der Waals surface area contributed by atoms with Gasteiger partial charge in [0.15, 0.2) is 5.82 Å². The van der Waals surface area contributed by atoms with Crippen LogP contribution in [0.15, 0.2) is 54.6 Å². The zero-order valence-electron chi connectivity index (χ0n) is 15.4. The Morgan fingerprint density at radius 1 is 1.11 bits per heavy atom. The largest absolute Gasteiger partial charge is 0.322 e. The Balaban J connectivity index is 1.37. The Labute approximate surface area is 166 Å². The quantitative estimate of drug-likeness (QED) is 0.554. The molecule has 0 spiro atoms. The van der Waals surface area contributed by atoms with Crippen molar-refractivity contribution in [2.45, 2.75) is 19.9 Å². The summed E-state index contributed by atoms with van der Waals surface area (Å²) in [4.78, 5) is 21.2. The van der Waals surface area contributed by atoms with E-state index in [1.54, 1.807) is 11.3 Å². The van der Waals surface area contributed by atoms with Crippen molar-refractivity contribution in [1.29, 1.82) is 0 Å². The van der Waals surface area contributed by atoms with Gasteiger partial charge < -0.3 is 10.2 Å². The van der Waals surface area contributed by atoms with Gasteiger partial charge in [0.25, 0.3) is 0 Å². The van der Waals surface area contributed by atoms with Crippen molar-refractivity contribution in [3.8, 4) is 11.4 Å². The minimum atomic E-state index is -0.0730. The van der Waals surface area contributed by atoms with Crippen LogP contribution in [0.2, 0.25) is 0 Å². The molecule has 0 radical (unpaired) electrons. The molecule has 5 rings (SSSR count). The van der Waals surface area contributed by atoms with E-state index >= 15 is 0 Å². The van der Waals surface area contributed by atoms with Gasteiger partial charge in [-0.3, -0.25) is 0 Å². The van der Waals surface area contributed by atoms with Crippen molar-refractivity contribution in [3.05, 3.63) is 70.7 Å². The summed E-state index contributed by atoms with van der Waals surface area (Å²) in [6.07, 6.45) is 0.772. The molecule has 140 valence electrons. The molecule has 2 amide bonds. The third kappa shape index (κ3) is 3.03. The predicted molar refractivity (Wildman–Crippen MR) is 111 cm³/mol. The lowest BCUT2D eigenvalue weighted by atomic mass is 10.1. The zero-order chi connectivity index (χ0) is 19.1. The predicted octanol–water partition coefficient (Wildman–Crippen LogP) is 4.36. The van der Waals surface area contributed by atoms with Crippen LogP contribution in [0, 0.1) is 6.92 Å². The van der Waals surface area contributed by atoms with E-state index in [1.807, 2.05) is 39.7 Å². The lowest BCUT2D eigenvalue weighted by molar-refractivity contribution is 0.206. The third-order valence-corrected chi connectivity index (χ3v) is 6.00. The SMILES string of the molecule is Cc1ccc(-c2nc3sc4c(n3n2)CCN(C(=O)Nc2ccccc2)C4)cc1. The Morgan fingerprint density at radius 2 is 1.89 bits per heavy atom. The van der Waals surface area contributed by atoms with Crippen molar-refractivity contribution in [2.75, 3.05) is 11.9 Å². The Hall–Kier alpha value is -3.19. The Morgan fingerprint density at radius 3 is 2.68 bits per heavy atom. The van der Waals surface area contributed by atoms with Crippen LogP contribution < -0.4 is 5.32 Å². The number of amides is 2. The highest BCUT2D eigenvalue weighted by molar-refractivity contribution is 7.17. The Kier molecular flexibility index (Phi) is 4.09. The van der Waals surface area contributed by atoms with Gasteiger partial charge in [-0.05, 0) is 19.1 Å². The normalized spacial score (nSPS) is 13.5. The summed E-state index contributed by atoms with van der Waals surface area (Å²) in [7, 11) is 0. The van der Waals surface area contributed by atoms with E-state index in [0.29, 0.717) is 13.1 Å². The van der Waals surface area contributed by atoms with Gasteiger partial charge in [0.05, 0.1) is 12.2 Å². The first kappa shape index (κ1) is 16.9. The second-order valence-electron chi connectivity index (χ2n) is 6.94. The van der Waals surface area contributed by atoms with E-state index in [-0.39, 0.29) is 6.03 Å².